The third-order valence-electron chi connectivity index (χ3n) is 4.15. The van der Waals surface area contributed by atoms with Gasteiger partial charge in [0.25, 0.3) is 0 Å². The lowest BCUT2D eigenvalue weighted by atomic mass is 10.2. The van der Waals surface area contributed by atoms with Crippen LogP contribution in [0.2, 0.25) is 5.02 Å². The first-order valence-corrected chi connectivity index (χ1v) is 10.0. The first-order valence-electron chi connectivity index (χ1n) is 8.65. The van der Waals surface area contributed by atoms with Crippen molar-refractivity contribution in [2.75, 3.05) is 11.1 Å². The normalized spacial score (nSPS) is 11.0. The highest BCUT2D eigenvalue weighted by atomic mass is 35.5. The Morgan fingerprint density at radius 3 is 2.76 bits per heavy atom. The maximum absolute atomic E-state index is 13.2. The van der Waals surface area contributed by atoms with E-state index in [1.54, 1.807) is 10.9 Å². The van der Waals surface area contributed by atoms with Gasteiger partial charge in [-0.25, -0.2) is 19.0 Å². The molecule has 0 aliphatic carbocycles. The second kappa shape index (κ2) is 8.18. The van der Waals surface area contributed by atoms with Crippen LogP contribution in [-0.4, -0.2) is 31.4 Å². The number of aryl methyl sites for hydroxylation is 1. The summed E-state index contributed by atoms with van der Waals surface area (Å²) in [7, 11) is 0. The van der Waals surface area contributed by atoms with Crippen molar-refractivity contribution < 1.29 is 9.18 Å². The Bertz CT molecular complexity index is 1200. The fraction of sp³-hybridized carbons (Fsp3) is 0.100. The van der Waals surface area contributed by atoms with Crippen LogP contribution < -0.4 is 5.32 Å². The van der Waals surface area contributed by atoms with Gasteiger partial charge in [-0.1, -0.05) is 41.1 Å². The largest absolute Gasteiger partial charge is 0.325 e. The lowest BCUT2D eigenvalue weighted by Crippen LogP contribution is -2.14. The van der Waals surface area contributed by atoms with Gasteiger partial charge in [-0.05, 0) is 37.3 Å². The molecule has 0 saturated carbocycles. The number of anilines is 1. The highest BCUT2D eigenvalue weighted by molar-refractivity contribution is 8.00. The lowest BCUT2D eigenvalue weighted by Gasteiger charge is -2.06. The van der Waals surface area contributed by atoms with E-state index < -0.39 is 5.82 Å². The van der Waals surface area contributed by atoms with E-state index in [-0.39, 0.29) is 16.7 Å². The molecule has 0 atom stereocenters. The summed E-state index contributed by atoms with van der Waals surface area (Å²) in [6.07, 6.45) is 3.14. The number of thioether (sulfide) groups is 1. The van der Waals surface area contributed by atoms with Crippen molar-refractivity contribution in [1.29, 1.82) is 0 Å². The van der Waals surface area contributed by atoms with Crippen molar-refractivity contribution in [3.63, 3.8) is 0 Å². The average Bonchev–Trinajstić information content (AvgIpc) is 3.14. The second-order valence-electron chi connectivity index (χ2n) is 6.27. The monoisotopic (exact) mass is 427 g/mol. The molecule has 0 radical (unpaired) electrons. The summed E-state index contributed by atoms with van der Waals surface area (Å²) in [5, 5.41) is 8.48. The van der Waals surface area contributed by atoms with E-state index in [0.717, 1.165) is 16.6 Å². The Morgan fingerprint density at radius 2 is 2.00 bits per heavy atom. The van der Waals surface area contributed by atoms with Gasteiger partial charge in [0.15, 0.2) is 5.65 Å². The number of amides is 1. The maximum atomic E-state index is 13.2. The summed E-state index contributed by atoms with van der Waals surface area (Å²) in [6, 6.07) is 12.0. The van der Waals surface area contributed by atoms with E-state index in [0.29, 0.717) is 16.4 Å². The minimum atomic E-state index is -0.534. The molecule has 2 aromatic carbocycles. The van der Waals surface area contributed by atoms with Gasteiger partial charge in [0.05, 0.1) is 28.0 Å². The molecule has 2 heterocycles. The van der Waals surface area contributed by atoms with Crippen LogP contribution in [0.25, 0.3) is 16.7 Å². The number of hydrogen-bond donors (Lipinski definition) is 1. The molecule has 1 amide bonds. The zero-order valence-electron chi connectivity index (χ0n) is 15.3. The molecule has 0 aliphatic rings. The van der Waals surface area contributed by atoms with E-state index in [1.165, 1.54) is 36.3 Å². The molecule has 9 heteroatoms. The minimum absolute atomic E-state index is 0.0449. The van der Waals surface area contributed by atoms with Crippen molar-refractivity contribution in [3.05, 3.63) is 71.4 Å². The Balaban J connectivity index is 1.50. The van der Waals surface area contributed by atoms with Crippen LogP contribution in [0.15, 0.2) is 60.0 Å². The molecule has 0 fully saturated rings. The van der Waals surface area contributed by atoms with E-state index in [1.807, 2.05) is 31.2 Å². The zero-order valence-corrected chi connectivity index (χ0v) is 16.8. The number of carbonyl (C=O) groups excluding carboxylic acids is 1. The predicted molar refractivity (Wildman–Crippen MR) is 112 cm³/mol. The number of benzene rings is 2. The van der Waals surface area contributed by atoms with Gasteiger partial charge in [-0.2, -0.15) is 5.10 Å². The Morgan fingerprint density at radius 1 is 1.21 bits per heavy atom. The van der Waals surface area contributed by atoms with E-state index >= 15 is 0 Å². The molecular weight excluding hydrogens is 413 g/mol. The van der Waals surface area contributed by atoms with Crippen LogP contribution in [0, 0.1) is 12.7 Å². The molecule has 2 aromatic heterocycles. The summed E-state index contributed by atoms with van der Waals surface area (Å²) in [6.45, 7) is 2.02. The number of nitrogens with one attached hydrogen (secondary N) is 1. The molecule has 29 heavy (non-hydrogen) atoms. The van der Waals surface area contributed by atoms with Crippen LogP contribution in [0.5, 0.6) is 0 Å². The lowest BCUT2D eigenvalue weighted by molar-refractivity contribution is -0.113. The topological polar surface area (TPSA) is 72.7 Å². The SMILES string of the molecule is Cc1ccc(-n2ncc3c(SCC(=O)Nc4ccc(F)c(Cl)c4)ncnc32)cc1. The highest BCUT2D eigenvalue weighted by Crippen LogP contribution is 2.26. The Hall–Kier alpha value is -2.97. The van der Waals surface area contributed by atoms with Crippen LogP contribution in [0.4, 0.5) is 10.1 Å². The molecule has 146 valence electrons. The smallest absolute Gasteiger partial charge is 0.234 e. The third-order valence-corrected chi connectivity index (χ3v) is 5.45. The summed E-state index contributed by atoms with van der Waals surface area (Å²) in [5.74, 6) is -0.667. The van der Waals surface area contributed by atoms with Gasteiger partial charge >= 0.3 is 0 Å². The summed E-state index contributed by atoms with van der Waals surface area (Å²) in [4.78, 5) is 20.9. The van der Waals surface area contributed by atoms with Crippen molar-refractivity contribution in [3.8, 4) is 5.69 Å². The molecule has 0 bridgehead atoms. The zero-order chi connectivity index (χ0) is 20.4. The number of fused-ring (bicyclic) bond motifs is 1. The quantitative estimate of drug-likeness (QED) is 0.371. The fourth-order valence-corrected chi connectivity index (χ4v) is 3.66. The van der Waals surface area contributed by atoms with Crippen LogP contribution >= 0.6 is 23.4 Å². The fourth-order valence-electron chi connectivity index (χ4n) is 2.72. The van der Waals surface area contributed by atoms with Crippen molar-refractivity contribution in [2.24, 2.45) is 0 Å². The van der Waals surface area contributed by atoms with Gasteiger partial charge in [-0.15, -0.1) is 0 Å². The molecule has 0 spiro atoms. The molecule has 1 N–H and O–H groups in total. The summed E-state index contributed by atoms with van der Waals surface area (Å²) >= 11 is 7.01. The van der Waals surface area contributed by atoms with Gasteiger partial charge in [0.2, 0.25) is 5.91 Å². The Kier molecular flexibility index (Phi) is 5.46. The van der Waals surface area contributed by atoms with Gasteiger partial charge in [0.1, 0.15) is 17.2 Å². The molecule has 0 aliphatic heterocycles. The maximum Gasteiger partial charge on any atom is 0.234 e. The number of aromatic nitrogens is 4. The number of hydrogen-bond acceptors (Lipinski definition) is 5. The second-order valence-corrected chi connectivity index (χ2v) is 7.65. The number of halogens is 2. The van der Waals surface area contributed by atoms with Gasteiger partial charge < -0.3 is 5.32 Å². The molecule has 0 unspecified atom stereocenters. The molecule has 4 aromatic rings. The molecule has 6 nitrogen and oxygen atoms in total. The molecule has 0 saturated heterocycles. The van der Waals surface area contributed by atoms with Gasteiger partial charge in [-0.3, -0.25) is 4.79 Å². The van der Waals surface area contributed by atoms with Crippen molar-refractivity contribution in [2.45, 2.75) is 11.9 Å². The van der Waals surface area contributed by atoms with Gasteiger partial charge in [0, 0.05) is 5.69 Å². The first-order chi connectivity index (χ1) is 14.0. The number of nitrogens with zero attached hydrogens (tertiary/aromatic N) is 4. The van der Waals surface area contributed by atoms with Crippen LogP contribution in [-0.2, 0) is 4.79 Å². The van der Waals surface area contributed by atoms with E-state index in [2.05, 4.69) is 20.4 Å². The summed E-state index contributed by atoms with van der Waals surface area (Å²) < 4.78 is 15.0. The first kappa shape index (κ1) is 19.4. The average molecular weight is 428 g/mol. The molecule has 4 rings (SSSR count). The summed E-state index contributed by atoms with van der Waals surface area (Å²) in [5.41, 5.74) is 3.15. The predicted octanol–water partition coefficient (Wildman–Crippen LogP) is 4.65. The van der Waals surface area contributed by atoms with Crippen molar-refractivity contribution >= 4 is 46.0 Å². The minimum Gasteiger partial charge on any atom is -0.325 e. The Labute approximate surface area is 175 Å². The van der Waals surface area contributed by atoms with Crippen LogP contribution in [0.3, 0.4) is 0 Å². The number of carbonyl (C=O) groups is 1. The van der Waals surface area contributed by atoms with Crippen molar-refractivity contribution in [1.82, 2.24) is 19.7 Å². The molecular formula is C20H15ClFN5OS. The van der Waals surface area contributed by atoms with E-state index in [9.17, 15) is 9.18 Å². The third kappa shape index (κ3) is 4.23. The van der Waals surface area contributed by atoms with E-state index in [4.69, 9.17) is 11.6 Å². The van der Waals surface area contributed by atoms with Crippen LogP contribution in [0.1, 0.15) is 5.56 Å². The number of rotatable bonds is 5. The highest BCUT2D eigenvalue weighted by Gasteiger charge is 2.13. The standard InChI is InChI=1S/C20H15ClFN5OS/c1-12-2-5-14(6-3-12)27-19-15(9-25-27)20(24-11-23-19)29-10-18(28)26-13-4-7-17(22)16(21)8-13/h2-9,11H,10H2,1H3,(H,26,28).